The Hall–Kier alpha value is -2.15. The van der Waals surface area contributed by atoms with Crippen LogP contribution < -0.4 is 0 Å². The number of aliphatic hydroxyl groups is 3. The van der Waals surface area contributed by atoms with Crippen LogP contribution in [0, 0.1) is 0 Å². The van der Waals surface area contributed by atoms with Gasteiger partial charge in [-0.25, -0.2) is 13.7 Å². The fraction of sp³-hybridized carbons (Fsp3) is 0.745. The molecule has 1 rings (SSSR count). The van der Waals surface area contributed by atoms with Crippen molar-refractivity contribution in [3.8, 4) is 0 Å². The van der Waals surface area contributed by atoms with E-state index in [2.05, 4.69) is 59.4 Å². The van der Waals surface area contributed by atoms with Crippen molar-refractivity contribution in [1.29, 1.82) is 0 Å². The number of ether oxygens (including phenoxy) is 2. The molecule has 19 nitrogen and oxygen atoms in total. The number of aliphatic hydroxyl groups excluding tert-OH is 3. The third-order valence-electron chi connectivity index (χ3n) is 10.8. The van der Waals surface area contributed by atoms with E-state index in [1.54, 1.807) is 6.08 Å². The Kier molecular flexibility index (Phi) is 36.2. The van der Waals surface area contributed by atoms with Gasteiger partial charge >= 0.3 is 35.4 Å². The first-order valence-electron chi connectivity index (χ1n) is 24.6. The molecule has 8 N–H and O–H groups in total. The van der Waals surface area contributed by atoms with Crippen molar-refractivity contribution >= 4 is 35.4 Å². The highest BCUT2D eigenvalue weighted by molar-refractivity contribution is 7.47. The van der Waals surface area contributed by atoms with Gasteiger partial charge in [-0.1, -0.05) is 164 Å². The average Bonchev–Trinajstić information content (AvgIpc) is 3.28. The second kappa shape index (κ2) is 38.5. The average molecular weight is 1050 g/mol. The Labute approximate surface area is 409 Å². The number of hydrogen-bond acceptors (Lipinski definition) is 14. The van der Waals surface area contributed by atoms with Gasteiger partial charge in [0.1, 0.15) is 43.2 Å². The Morgan fingerprint density at radius 3 is 1.35 bits per heavy atom. The van der Waals surface area contributed by atoms with Gasteiger partial charge in [-0.15, -0.1) is 0 Å². The zero-order chi connectivity index (χ0) is 51.4. The Balaban J connectivity index is 2.76. The second-order valence-electron chi connectivity index (χ2n) is 17.0. The quantitative estimate of drug-likeness (QED) is 0.0122. The fourth-order valence-electron chi connectivity index (χ4n) is 7.15. The van der Waals surface area contributed by atoms with E-state index in [-0.39, 0.29) is 12.8 Å². The summed E-state index contributed by atoms with van der Waals surface area (Å²) >= 11 is 0. The summed E-state index contributed by atoms with van der Waals surface area (Å²) < 4.78 is 65.4. The molecule has 0 aromatic carbocycles. The third-order valence-corrected chi connectivity index (χ3v) is 12.9. The fourth-order valence-corrected chi connectivity index (χ4v) is 9.25. The molecule has 0 spiro atoms. The minimum Gasteiger partial charge on any atom is -0.462 e. The van der Waals surface area contributed by atoms with Crippen molar-refractivity contribution < 1.29 is 90.6 Å². The summed E-state index contributed by atoms with van der Waals surface area (Å²) in [6.07, 6.45) is 26.8. The molecule has 8 atom stereocenters. The number of rotatable bonds is 41. The van der Waals surface area contributed by atoms with Crippen LogP contribution in [-0.4, -0.2) is 108 Å². The molecule has 0 heterocycles. The molecule has 0 aliphatic heterocycles. The van der Waals surface area contributed by atoms with Crippen LogP contribution in [0.1, 0.15) is 168 Å². The van der Waals surface area contributed by atoms with Gasteiger partial charge < -0.3 is 49.3 Å². The SMILES string of the molecule is CCCCC/C=C\C/C=C\C/C=C\C/C=C\C/C=C\CCC(=O)OC[C@H](COP(=O)(O)O[C@H]1C(O)C(O)C(OP(=O)(O)O)[C@@H](OP(=O)(O)O)C1O)OC(=O)CCCCCCCCCCCCCCC. The molecule has 400 valence electrons. The predicted octanol–water partition coefficient (Wildman–Crippen LogP) is 9.18. The Morgan fingerprint density at radius 2 is 0.870 bits per heavy atom. The molecule has 22 heteroatoms. The molecule has 69 heavy (non-hydrogen) atoms. The summed E-state index contributed by atoms with van der Waals surface area (Å²) in [6.45, 7) is 2.85. The standard InChI is InChI=1S/C47H83O19P3/c1-3-5-7-9-11-13-15-17-18-19-20-21-22-24-25-27-29-31-33-35-40(48)61-37-39(63-41(49)36-34-32-30-28-26-23-16-14-12-10-8-6-4-2)38-62-69(59,60)66-45-42(50)43(51)46(64-67(53,54)55)47(44(45)52)65-68(56,57)58/h11,13,17-18,20-21,24-25,29,31,39,42-47,50-52H,3-10,12,14-16,19,22-23,26-28,30,32-38H2,1-2H3,(H,59,60)(H2,53,54,55)(H2,56,57,58)/b13-11-,18-17-,21-20-,25-24-,31-29-/t39-,42?,43?,44?,45+,46?,47+/m1/s1. The number of carbonyl (C=O) groups is 2. The van der Waals surface area contributed by atoms with Crippen LogP contribution in [0.15, 0.2) is 60.8 Å². The normalized spacial score (nSPS) is 21.8. The highest BCUT2D eigenvalue weighted by Gasteiger charge is 2.56. The lowest BCUT2D eigenvalue weighted by molar-refractivity contribution is -0.213. The van der Waals surface area contributed by atoms with Crippen molar-refractivity contribution in [2.24, 2.45) is 0 Å². The second-order valence-corrected chi connectivity index (χ2v) is 20.8. The largest absolute Gasteiger partial charge is 0.472 e. The van der Waals surface area contributed by atoms with Gasteiger partial charge in [0.05, 0.1) is 6.61 Å². The van der Waals surface area contributed by atoms with Crippen molar-refractivity contribution in [3.05, 3.63) is 60.8 Å². The van der Waals surface area contributed by atoms with Crippen LogP contribution >= 0.6 is 23.5 Å². The van der Waals surface area contributed by atoms with Crippen LogP contribution in [0.3, 0.4) is 0 Å². The molecule has 1 aliphatic rings. The molecule has 1 aliphatic carbocycles. The van der Waals surface area contributed by atoms with E-state index in [0.717, 1.165) is 57.8 Å². The predicted molar refractivity (Wildman–Crippen MR) is 261 cm³/mol. The first kappa shape index (κ1) is 64.9. The summed E-state index contributed by atoms with van der Waals surface area (Å²) in [5.41, 5.74) is 0. The van der Waals surface area contributed by atoms with E-state index < -0.39 is 91.3 Å². The summed E-state index contributed by atoms with van der Waals surface area (Å²) in [6, 6.07) is 0. The topological polar surface area (TPSA) is 303 Å². The zero-order valence-corrected chi connectivity index (χ0v) is 43.3. The van der Waals surface area contributed by atoms with Crippen LogP contribution in [0.2, 0.25) is 0 Å². The minimum atomic E-state index is -5.61. The van der Waals surface area contributed by atoms with Crippen LogP contribution in [-0.2, 0) is 50.9 Å². The first-order chi connectivity index (χ1) is 32.8. The highest BCUT2D eigenvalue weighted by atomic mass is 31.2. The molecule has 0 saturated heterocycles. The monoisotopic (exact) mass is 1040 g/mol. The molecule has 1 saturated carbocycles. The van der Waals surface area contributed by atoms with Crippen LogP contribution in [0.5, 0.6) is 0 Å². The number of allylic oxidation sites excluding steroid dienone is 10. The molecular formula is C47H83O19P3. The van der Waals surface area contributed by atoms with E-state index in [0.29, 0.717) is 19.3 Å². The lowest BCUT2D eigenvalue weighted by atomic mass is 9.85. The molecule has 0 aromatic heterocycles. The first-order valence-corrected chi connectivity index (χ1v) is 29.1. The van der Waals surface area contributed by atoms with Crippen LogP contribution in [0.4, 0.5) is 0 Å². The number of phosphoric ester groups is 3. The number of hydrogen-bond donors (Lipinski definition) is 8. The van der Waals surface area contributed by atoms with E-state index in [9.17, 15) is 63.1 Å². The maximum absolute atomic E-state index is 13.1. The van der Waals surface area contributed by atoms with E-state index in [1.165, 1.54) is 64.2 Å². The van der Waals surface area contributed by atoms with Gasteiger partial charge in [0, 0.05) is 12.8 Å². The van der Waals surface area contributed by atoms with Gasteiger partial charge in [0.25, 0.3) is 0 Å². The molecule has 0 amide bonds. The van der Waals surface area contributed by atoms with Crippen molar-refractivity contribution in [3.63, 3.8) is 0 Å². The van der Waals surface area contributed by atoms with Crippen LogP contribution in [0.25, 0.3) is 0 Å². The Bertz CT molecular complexity index is 1670. The molecule has 1 fully saturated rings. The minimum absolute atomic E-state index is 0.0170. The lowest BCUT2D eigenvalue weighted by Gasteiger charge is -2.44. The van der Waals surface area contributed by atoms with Gasteiger partial charge in [-0.2, -0.15) is 0 Å². The lowest BCUT2D eigenvalue weighted by Crippen LogP contribution is -2.65. The zero-order valence-electron chi connectivity index (χ0n) is 40.6. The molecular weight excluding hydrogens is 961 g/mol. The number of carbonyl (C=O) groups excluding carboxylic acids is 2. The summed E-state index contributed by atoms with van der Waals surface area (Å²) in [5.74, 6) is -1.39. The van der Waals surface area contributed by atoms with Crippen molar-refractivity contribution in [2.45, 2.75) is 211 Å². The smallest absolute Gasteiger partial charge is 0.462 e. The third kappa shape index (κ3) is 34.8. The van der Waals surface area contributed by atoms with E-state index in [1.807, 2.05) is 18.2 Å². The van der Waals surface area contributed by atoms with Crippen molar-refractivity contribution in [2.75, 3.05) is 13.2 Å². The Morgan fingerprint density at radius 1 is 0.464 bits per heavy atom. The molecule has 5 unspecified atom stereocenters. The van der Waals surface area contributed by atoms with Crippen molar-refractivity contribution in [1.82, 2.24) is 0 Å². The summed E-state index contributed by atoms with van der Waals surface area (Å²) in [4.78, 5) is 73.2. The number of unbranched alkanes of at least 4 members (excludes halogenated alkanes) is 15. The van der Waals surface area contributed by atoms with E-state index in [4.69, 9.17) is 18.5 Å². The van der Waals surface area contributed by atoms with Gasteiger partial charge in [-0.05, 0) is 51.4 Å². The van der Waals surface area contributed by atoms with Gasteiger partial charge in [-0.3, -0.25) is 27.7 Å². The molecule has 0 radical (unpaired) electrons. The maximum atomic E-state index is 13.1. The number of phosphoric acid groups is 3. The van der Waals surface area contributed by atoms with Gasteiger partial charge in [0.2, 0.25) is 0 Å². The summed E-state index contributed by atoms with van der Waals surface area (Å²) in [7, 11) is -16.6. The number of esters is 2. The highest BCUT2D eigenvalue weighted by Crippen LogP contribution is 2.51. The maximum Gasteiger partial charge on any atom is 0.472 e. The summed E-state index contributed by atoms with van der Waals surface area (Å²) in [5, 5.41) is 31.9. The molecule has 0 aromatic rings. The van der Waals surface area contributed by atoms with Gasteiger partial charge in [0.15, 0.2) is 6.10 Å². The molecule has 0 bridgehead atoms. The van der Waals surface area contributed by atoms with E-state index >= 15 is 0 Å².